The lowest BCUT2D eigenvalue weighted by Crippen LogP contribution is -2.29. The summed E-state index contributed by atoms with van der Waals surface area (Å²) in [6.07, 6.45) is 0.815. The van der Waals surface area contributed by atoms with Crippen LogP contribution in [0, 0.1) is 0 Å². The summed E-state index contributed by atoms with van der Waals surface area (Å²) < 4.78 is 24.1. The summed E-state index contributed by atoms with van der Waals surface area (Å²) in [4.78, 5) is 27.3. The Morgan fingerprint density at radius 3 is 2.68 bits per heavy atom. The van der Waals surface area contributed by atoms with E-state index in [1.165, 1.54) is 17.3 Å². The van der Waals surface area contributed by atoms with Crippen LogP contribution < -0.4 is 4.72 Å². The number of carboxylic acids is 1. The highest BCUT2D eigenvalue weighted by molar-refractivity contribution is 7.92. The molecule has 0 aliphatic rings. The molecule has 1 aromatic heterocycles. The third kappa shape index (κ3) is 5.22. The number of hydrogen-bond donors (Lipinski definition) is 2. The molecule has 0 unspecified atom stereocenters. The van der Waals surface area contributed by atoms with Crippen molar-refractivity contribution in [2.45, 2.75) is 6.42 Å². The highest BCUT2D eigenvalue weighted by Gasteiger charge is 2.17. The van der Waals surface area contributed by atoms with Crippen molar-refractivity contribution in [1.82, 2.24) is 9.88 Å². The summed E-state index contributed by atoms with van der Waals surface area (Å²) in [5.41, 5.74) is 0.0732. The van der Waals surface area contributed by atoms with Crippen LogP contribution in [0.25, 0.3) is 0 Å². The van der Waals surface area contributed by atoms with Gasteiger partial charge in [0.05, 0.1) is 12.7 Å². The second-order valence-corrected chi connectivity index (χ2v) is 6.39. The fraction of sp³-hybridized carbons (Fsp3) is 0.444. The van der Waals surface area contributed by atoms with E-state index < -0.39 is 21.9 Å². The Bertz CT molecular complexity index is 580. The van der Waals surface area contributed by atoms with Crippen molar-refractivity contribution < 1.29 is 23.1 Å². The standard InChI is InChI=1S/C9H13N3O5S2/c1-12(4-3-7(13)14)8(15)6-5-18-9(10-6)11-19(2,16)17/h5H,3-4H2,1-2H3,(H,10,11)(H,13,14). The van der Waals surface area contributed by atoms with Gasteiger partial charge in [-0.25, -0.2) is 13.4 Å². The van der Waals surface area contributed by atoms with Gasteiger partial charge in [0.15, 0.2) is 5.13 Å². The first-order chi connectivity index (χ1) is 8.69. The number of nitrogens with zero attached hydrogens (tertiary/aromatic N) is 2. The molecule has 0 spiro atoms. The Morgan fingerprint density at radius 1 is 1.53 bits per heavy atom. The number of hydrogen-bond acceptors (Lipinski definition) is 6. The topological polar surface area (TPSA) is 117 Å². The predicted molar refractivity (Wildman–Crippen MR) is 69.8 cm³/mol. The van der Waals surface area contributed by atoms with E-state index in [-0.39, 0.29) is 23.8 Å². The third-order valence-electron chi connectivity index (χ3n) is 2.00. The van der Waals surface area contributed by atoms with Crippen LogP contribution in [0.3, 0.4) is 0 Å². The van der Waals surface area contributed by atoms with Gasteiger partial charge in [-0.05, 0) is 0 Å². The number of nitrogens with one attached hydrogen (secondary N) is 1. The molecule has 2 N–H and O–H groups in total. The van der Waals surface area contributed by atoms with Crippen LogP contribution in [-0.4, -0.2) is 55.1 Å². The Hall–Kier alpha value is -1.68. The van der Waals surface area contributed by atoms with Crippen molar-refractivity contribution in [3.63, 3.8) is 0 Å². The van der Waals surface area contributed by atoms with Crippen LogP contribution >= 0.6 is 11.3 Å². The second-order valence-electron chi connectivity index (χ2n) is 3.78. The molecule has 10 heteroatoms. The molecule has 0 aromatic carbocycles. The lowest BCUT2D eigenvalue weighted by Gasteiger charge is -2.14. The normalized spacial score (nSPS) is 11.1. The Labute approximate surface area is 114 Å². The number of anilines is 1. The van der Waals surface area contributed by atoms with Crippen LogP contribution in [-0.2, 0) is 14.8 Å². The summed E-state index contributed by atoms with van der Waals surface area (Å²) in [5, 5.41) is 10.0. The van der Waals surface area contributed by atoms with Crippen molar-refractivity contribution in [3.05, 3.63) is 11.1 Å². The third-order valence-corrected chi connectivity index (χ3v) is 3.45. The number of aromatic nitrogens is 1. The maximum Gasteiger partial charge on any atom is 0.305 e. The SMILES string of the molecule is CN(CCC(=O)O)C(=O)c1csc(NS(C)(=O)=O)n1. The van der Waals surface area contributed by atoms with Crippen molar-refractivity contribution in [2.75, 3.05) is 24.6 Å². The molecule has 0 atom stereocenters. The minimum Gasteiger partial charge on any atom is -0.481 e. The van der Waals surface area contributed by atoms with Gasteiger partial charge in [0.1, 0.15) is 5.69 Å². The van der Waals surface area contributed by atoms with Gasteiger partial charge >= 0.3 is 5.97 Å². The van der Waals surface area contributed by atoms with Crippen LogP contribution in [0.1, 0.15) is 16.9 Å². The summed E-state index contributed by atoms with van der Waals surface area (Å²) in [5.74, 6) is -1.46. The number of rotatable bonds is 6. The van der Waals surface area contributed by atoms with E-state index in [2.05, 4.69) is 9.71 Å². The highest BCUT2D eigenvalue weighted by atomic mass is 32.2. The Morgan fingerprint density at radius 2 is 2.16 bits per heavy atom. The van der Waals surface area contributed by atoms with E-state index in [4.69, 9.17) is 5.11 Å². The molecule has 0 fully saturated rings. The monoisotopic (exact) mass is 307 g/mol. The predicted octanol–water partition coefficient (Wildman–Crippen LogP) is 0.0613. The lowest BCUT2D eigenvalue weighted by molar-refractivity contribution is -0.137. The molecule has 1 aromatic rings. The fourth-order valence-electron chi connectivity index (χ4n) is 1.14. The highest BCUT2D eigenvalue weighted by Crippen LogP contribution is 2.17. The van der Waals surface area contributed by atoms with Crippen LogP contribution in [0.4, 0.5) is 5.13 Å². The van der Waals surface area contributed by atoms with Gasteiger partial charge < -0.3 is 10.0 Å². The smallest absolute Gasteiger partial charge is 0.305 e. The zero-order chi connectivity index (χ0) is 14.6. The number of thiazole rings is 1. The van der Waals surface area contributed by atoms with E-state index in [0.717, 1.165) is 17.6 Å². The van der Waals surface area contributed by atoms with Gasteiger partial charge in [0.2, 0.25) is 10.0 Å². The molecule has 0 aliphatic heterocycles. The minimum atomic E-state index is -3.44. The molecule has 1 heterocycles. The van der Waals surface area contributed by atoms with Crippen LogP contribution in [0.2, 0.25) is 0 Å². The summed E-state index contributed by atoms with van der Waals surface area (Å²) in [6, 6.07) is 0. The van der Waals surface area contributed by atoms with Gasteiger partial charge in [-0.15, -0.1) is 11.3 Å². The van der Waals surface area contributed by atoms with Crippen LogP contribution in [0.5, 0.6) is 0 Å². The van der Waals surface area contributed by atoms with Gasteiger partial charge in [0.25, 0.3) is 5.91 Å². The summed E-state index contributed by atoms with van der Waals surface area (Å²) in [6.45, 7) is 0.0561. The molecule has 0 saturated carbocycles. The van der Waals surface area contributed by atoms with Gasteiger partial charge in [-0.1, -0.05) is 0 Å². The molecule has 1 amide bonds. The zero-order valence-electron chi connectivity index (χ0n) is 10.3. The second kappa shape index (κ2) is 5.97. The molecular weight excluding hydrogens is 294 g/mol. The summed E-state index contributed by atoms with van der Waals surface area (Å²) >= 11 is 0.981. The first-order valence-electron chi connectivity index (χ1n) is 5.09. The average molecular weight is 307 g/mol. The average Bonchev–Trinajstić information content (AvgIpc) is 2.70. The molecule has 0 saturated heterocycles. The Balaban J connectivity index is 2.70. The first-order valence-corrected chi connectivity index (χ1v) is 7.86. The van der Waals surface area contributed by atoms with Crippen LogP contribution in [0.15, 0.2) is 5.38 Å². The fourth-order valence-corrected chi connectivity index (χ4v) is 2.68. The van der Waals surface area contributed by atoms with E-state index in [0.29, 0.717) is 0 Å². The largest absolute Gasteiger partial charge is 0.481 e. The number of carboxylic acid groups (broad SMARTS) is 1. The quantitative estimate of drug-likeness (QED) is 0.767. The maximum atomic E-state index is 11.8. The van der Waals surface area contributed by atoms with Gasteiger partial charge in [0, 0.05) is 19.0 Å². The molecular formula is C9H13N3O5S2. The number of carbonyl (C=O) groups excluding carboxylic acids is 1. The first kappa shape index (κ1) is 15.4. The minimum absolute atomic E-state index is 0.0561. The van der Waals surface area contributed by atoms with Crippen molar-refractivity contribution in [1.29, 1.82) is 0 Å². The molecule has 0 radical (unpaired) electrons. The lowest BCUT2D eigenvalue weighted by atomic mass is 10.3. The van der Waals surface area contributed by atoms with Crippen molar-refractivity contribution in [2.24, 2.45) is 0 Å². The van der Waals surface area contributed by atoms with Crippen molar-refractivity contribution in [3.8, 4) is 0 Å². The van der Waals surface area contributed by atoms with E-state index in [9.17, 15) is 18.0 Å². The zero-order valence-corrected chi connectivity index (χ0v) is 11.9. The molecule has 0 aliphatic carbocycles. The van der Waals surface area contributed by atoms with E-state index in [1.54, 1.807) is 0 Å². The molecule has 1 rings (SSSR count). The number of amides is 1. The van der Waals surface area contributed by atoms with Gasteiger partial charge in [-0.3, -0.25) is 14.3 Å². The molecule has 0 bridgehead atoms. The number of sulfonamides is 1. The van der Waals surface area contributed by atoms with E-state index >= 15 is 0 Å². The van der Waals surface area contributed by atoms with Crippen molar-refractivity contribution >= 4 is 38.4 Å². The maximum absolute atomic E-state index is 11.8. The number of aliphatic carboxylic acids is 1. The van der Waals surface area contributed by atoms with Gasteiger partial charge in [-0.2, -0.15) is 0 Å². The molecule has 8 nitrogen and oxygen atoms in total. The van der Waals surface area contributed by atoms with E-state index in [1.807, 2.05) is 0 Å². The summed E-state index contributed by atoms with van der Waals surface area (Å²) in [7, 11) is -1.98. The molecule has 106 valence electrons. The number of carbonyl (C=O) groups is 2. The Kier molecular flexibility index (Phi) is 4.84. The molecule has 19 heavy (non-hydrogen) atoms.